The number of alkyl halides is 3. The number of aryl methyl sites for hydroxylation is 1. The second-order valence-electron chi connectivity index (χ2n) is 6.30. The van der Waals surface area contributed by atoms with Gasteiger partial charge in [-0.1, -0.05) is 0 Å². The summed E-state index contributed by atoms with van der Waals surface area (Å²) in [6.07, 6.45) is -0.271. The van der Waals surface area contributed by atoms with Crippen LogP contribution >= 0.6 is 0 Å². The van der Waals surface area contributed by atoms with Gasteiger partial charge in [0.1, 0.15) is 12.4 Å². The average Bonchev–Trinajstić information content (AvgIpc) is 2.99. The van der Waals surface area contributed by atoms with E-state index in [0.717, 1.165) is 6.20 Å². The maximum absolute atomic E-state index is 13.3. The van der Waals surface area contributed by atoms with Crippen LogP contribution in [0.1, 0.15) is 11.3 Å². The van der Waals surface area contributed by atoms with Crippen molar-refractivity contribution in [1.29, 1.82) is 0 Å². The summed E-state index contributed by atoms with van der Waals surface area (Å²) >= 11 is 0. The molecule has 0 spiro atoms. The van der Waals surface area contributed by atoms with Crippen molar-refractivity contribution in [3.63, 3.8) is 0 Å². The Bertz CT molecular complexity index is 994. The van der Waals surface area contributed by atoms with Crippen LogP contribution < -0.4 is 5.32 Å². The fraction of sp³-hybridized carbons (Fsp3) is 0.278. The molecule has 9 heteroatoms. The fourth-order valence-corrected chi connectivity index (χ4v) is 2.70. The molecule has 3 rings (SSSR count). The van der Waals surface area contributed by atoms with Crippen molar-refractivity contribution < 1.29 is 18.0 Å². The lowest BCUT2D eigenvalue weighted by Crippen LogP contribution is -2.25. The number of nitrogens with zero attached hydrogens (tertiary/aromatic N) is 4. The number of carbonyl (C=O) groups is 1. The SMILES string of the molecule is Cc1ccnc(C(F)(F)F)c1Nc1nccc2c1ccn2CC(=O)N(C)C. The lowest BCUT2D eigenvalue weighted by atomic mass is 10.1. The Labute approximate surface area is 153 Å². The van der Waals surface area contributed by atoms with Gasteiger partial charge in [0, 0.05) is 38.1 Å². The molecular weight excluding hydrogens is 359 g/mol. The van der Waals surface area contributed by atoms with E-state index in [-0.39, 0.29) is 24.0 Å². The van der Waals surface area contributed by atoms with Gasteiger partial charge in [0.2, 0.25) is 5.91 Å². The molecule has 0 aromatic carbocycles. The second-order valence-corrected chi connectivity index (χ2v) is 6.30. The summed E-state index contributed by atoms with van der Waals surface area (Å²) in [6, 6.07) is 4.93. The van der Waals surface area contributed by atoms with Crippen LogP contribution in [0.15, 0.2) is 36.8 Å². The van der Waals surface area contributed by atoms with Crippen molar-refractivity contribution >= 4 is 28.3 Å². The number of hydrogen-bond donors (Lipinski definition) is 1. The number of carbonyl (C=O) groups excluding carboxylic acids is 1. The number of amides is 1. The third-order valence-corrected chi connectivity index (χ3v) is 4.17. The number of fused-ring (bicyclic) bond motifs is 1. The largest absolute Gasteiger partial charge is 0.435 e. The average molecular weight is 377 g/mol. The Balaban J connectivity index is 2.03. The minimum absolute atomic E-state index is 0.0960. The number of pyridine rings is 2. The molecule has 0 aliphatic rings. The monoisotopic (exact) mass is 377 g/mol. The highest BCUT2D eigenvalue weighted by atomic mass is 19.4. The van der Waals surface area contributed by atoms with E-state index >= 15 is 0 Å². The molecular formula is C18H18F3N5O. The molecule has 3 heterocycles. The molecule has 0 unspecified atom stereocenters. The number of rotatable bonds is 4. The molecule has 0 bridgehead atoms. The second kappa shape index (κ2) is 6.90. The smallest absolute Gasteiger partial charge is 0.347 e. The van der Waals surface area contributed by atoms with Crippen molar-refractivity contribution in [2.75, 3.05) is 19.4 Å². The van der Waals surface area contributed by atoms with Crippen LogP contribution in [0.25, 0.3) is 10.9 Å². The molecule has 0 fully saturated rings. The van der Waals surface area contributed by atoms with E-state index in [2.05, 4.69) is 15.3 Å². The standard InChI is InChI=1S/C18H18F3N5O/c1-11-4-7-22-16(18(19,20)21)15(11)24-17-12-6-9-26(10-14(27)25(2)3)13(12)5-8-23-17/h4-9H,10H2,1-3H3,(H,23,24). The van der Waals surface area contributed by atoms with Gasteiger partial charge in [-0.3, -0.25) is 4.79 Å². The molecule has 27 heavy (non-hydrogen) atoms. The maximum atomic E-state index is 13.3. The number of aromatic nitrogens is 3. The Kier molecular flexibility index (Phi) is 4.77. The van der Waals surface area contributed by atoms with Gasteiger partial charge in [-0.15, -0.1) is 0 Å². The summed E-state index contributed by atoms with van der Waals surface area (Å²) in [7, 11) is 3.32. The van der Waals surface area contributed by atoms with Gasteiger partial charge in [-0.2, -0.15) is 13.2 Å². The molecule has 1 amide bonds. The lowest BCUT2D eigenvalue weighted by Gasteiger charge is -2.16. The molecule has 0 saturated carbocycles. The van der Waals surface area contributed by atoms with E-state index in [1.165, 1.54) is 17.2 Å². The van der Waals surface area contributed by atoms with Crippen molar-refractivity contribution in [3.05, 3.63) is 48.0 Å². The third kappa shape index (κ3) is 3.71. The highest BCUT2D eigenvalue weighted by Gasteiger charge is 2.36. The Morgan fingerprint density at radius 3 is 2.56 bits per heavy atom. The molecule has 142 valence electrons. The minimum atomic E-state index is -4.59. The summed E-state index contributed by atoms with van der Waals surface area (Å²) < 4.78 is 41.6. The topological polar surface area (TPSA) is 63.1 Å². The number of likely N-dealkylation sites (N-methyl/N-ethyl adjacent to an activating group) is 1. The Hall–Kier alpha value is -3.10. The van der Waals surface area contributed by atoms with Crippen LogP contribution in [-0.2, 0) is 17.5 Å². The first-order valence-corrected chi connectivity index (χ1v) is 8.12. The number of hydrogen-bond acceptors (Lipinski definition) is 4. The normalized spacial score (nSPS) is 11.6. The lowest BCUT2D eigenvalue weighted by molar-refractivity contribution is -0.140. The summed E-state index contributed by atoms with van der Waals surface area (Å²) in [5, 5.41) is 3.39. The van der Waals surface area contributed by atoms with E-state index in [4.69, 9.17) is 0 Å². The van der Waals surface area contributed by atoms with Gasteiger partial charge in [0.05, 0.1) is 11.2 Å². The molecule has 1 N–H and O–H groups in total. The van der Waals surface area contributed by atoms with Crippen molar-refractivity contribution in [2.45, 2.75) is 19.6 Å². The first-order valence-electron chi connectivity index (χ1n) is 8.12. The number of nitrogens with one attached hydrogen (secondary N) is 1. The summed E-state index contributed by atoms with van der Waals surface area (Å²) in [6.45, 7) is 1.69. The van der Waals surface area contributed by atoms with Gasteiger partial charge in [-0.25, -0.2) is 9.97 Å². The zero-order chi connectivity index (χ0) is 19.8. The zero-order valence-corrected chi connectivity index (χ0v) is 15.0. The van der Waals surface area contributed by atoms with Gasteiger partial charge >= 0.3 is 6.18 Å². The molecule has 0 atom stereocenters. The van der Waals surface area contributed by atoms with Crippen molar-refractivity contribution in [2.24, 2.45) is 0 Å². The molecule has 0 radical (unpaired) electrons. The Morgan fingerprint density at radius 2 is 1.89 bits per heavy atom. The van der Waals surface area contributed by atoms with Crippen LogP contribution in [0, 0.1) is 6.92 Å². The third-order valence-electron chi connectivity index (χ3n) is 4.17. The molecule has 6 nitrogen and oxygen atoms in total. The van der Waals surface area contributed by atoms with Crippen LogP contribution in [0.2, 0.25) is 0 Å². The maximum Gasteiger partial charge on any atom is 0.435 e. The van der Waals surface area contributed by atoms with Crippen LogP contribution in [0.3, 0.4) is 0 Å². The highest BCUT2D eigenvalue weighted by molar-refractivity contribution is 5.93. The molecule has 0 aliphatic heterocycles. The molecule has 0 aliphatic carbocycles. The number of anilines is 2. The van der Waals surface area contributed by atoms with E-state index in [1.807, 2.05) is 0 Å². The summed E-state index contributed by atoms with van der Waals surface area (Å²) in [5.41, 5.74) is -0.0400. The summed E-state index contributed by atoms with van der Waals surface area (Å²) in [5.74, 6) is 0.173. The molecule has 0 saturated heterocycles. The quantitative estimate of drug-likeness (QED) is 0.755. The minimum Gasteiger partial charge on any atom is -0.347 e. The van der Waals surface area contributed by atoms with Crippen molar-refractivity contribution in [3.8, 4) is 0 Å². The van der Waals surface area contributed by atoms with Crippen LogP contribution in [0.4, 0.5) is 24.7 Å². The predicted octanol–water partition coefficient (Wildman–Crippen LogP) is 3.59. The van der Waals surface area contributed by atoms with E-state index in [0.29, 0.717) is 16.5 Å². The van der Waals surface area contributed by atoms with E-state index in [9.17, 15) is 18.0 Å². The Morgan fingerprint density at radius 1 is 1.19 bits per heavy atom. The van der Waals surface area contributed by atoms with E-state index < -0.39 is 11.9 Å². The predicted molar refractivity (Wildman–Crippen MR) is 95.7 cm³/mol. The molecule has 3 aromatic rings. The fourth-order valence-electron chi connectivity index (χ4n) is 2.70. The number of halogens is 3. The summed E-state index contributed by atoms with van der Waals surface area (Å²) in [4.78, 5) is 21.1. The van der Waals surface area contributed by atoms with Crippen molar-refractivity contribution in [1.82, 2.24) is 19.4 Å². The van der Waals surface area contributed by atoms with Gasteiger partial charge in [0.25, 0.3) is 0 Å². The van der Waals surface area contributed by atoms with Gasteiger partial charge in [-0.05, 0) is 30.7 Å². The molecule has 3 aromatic heterocycles. The first-order chi connectivity index (χ1) is 12.7. The first kappa shape index (κ1) is 18.7. The van der Waals surface area contributed by atoms with Crippen LogP contribution in [0.5, 0.6) is 0 Å². The van der Waals surface area contributed by atoms with E-state index in [1.54, 1.807) is 43.9 Å². The highest BCUT2D eigenvalue weighted by Crippen LogP contribution is 2.37. The van der Waals surface area contributed by atoms with Crippen LogP contribution in [-0.4, -0.2) is 39.4 Å². The van der Waals surface area contributed by atoms with Gasteiger partial charge < -0.3 is 14.8 Å². The zero-order valence-electron chi connectivity index (χ0n) is 15.0. The van der Waals surface area contributed by atoms with Gasteiger partial charge in [0.15, 0.2) is 5.69 Å².